The van der Waals surface area contributed by atoms with E-state index in [2.05, 4.69) is 0 Å². The van der Waals surface area contributed by atoms with Crippen LogP contribution in [0.5, 0.6) is 11.5 Å². The number of carbonyl (C=O) groups excluding carboxylic acids is 1. The van der Waals surface area contributed by atoms with Crippen LogP contribution in [0.1, 0.15) is 25.8 Å². The molecule has 1 N–H and O–H groups in total. The number of aliphatic carboxylic acids is 1. The van der Waals surface area contributed by atoms with Crippen LogP contribution in [-0.2, 0) is 9.59 Å². The largest absolute Gasteiger partial charge is 0.492 e. The lowest BCUT2D eigenvalue weighted by molar-refractivity contribution is -0.145. The van der Waals surface area contributed by atoms with Crippen molar-refractivity contribution in [2.75, 3.05) is 11.5 Å². The summed E-state index contributed by atoms with van der Waals surface area (Å²) in [4.78, 5) is 26.1. The van der Waals surface area contributed by atoms with Gasteiger partial charge in [0, 0.05) is 0 Å². The third kappa shape index (κ3) is 4.83. The Morgan fingerprint density at radius 2 is 1.90 bits per heavy atom. The van der Waals surface area contributed by atoms with Crippen LogP contribution in [0.15, 0.2) is 53.4 Å². The van der Waals surface area contributed by atoms with Crippen molar-refractivity contribution >= 4 is 51.9 Å². The number of para-hydroxylation sites is 2. The third-order valence-corrected chi connectivity index (χ3v) is 5.60. The van der Waals surface area contributed by atoms with E-state index in [9.17, 15) is 9.59 Å². The molecule has 1 aliphatic heterocycles. The van der Waals surface area contributed by atoms with Gasteiger partial charge < -0.3 is 14.6 Å². The molecule has 1 aliphatic rings. The van der Waals surface area contributed by atoms with Crippen molar-refractivity contribution in [3.05, 3.63) is 59.0 Å². The third-order valence-electron chi connectivity index (χ3n) is 4.30. The summed E-state index contributed by atoms with van der Waals surface area (Å²) in [5.41, 5.74) is 1.40. The highest BCUT2D eigenvalue weighted by molar-refractivity contribution is 8.27. The Morgan fingerprint density at radius 1 is 1.20 bits per heavy atom. The van der Waals surface area contributed by atoms with Gasteiger partial charge in [-0.2, -0.15) is 0 Å². The minimum absolute atomic E-state index is 0.214. The Bertz CT molecular complexity index is 987. The lowest BCUT2D eigenvalue weighted by atomic mass is 10.2. The number of thioether (sulfide) groups is 1. The van der Waals surface area contributed by atoms with E-state index in [-0.39, 0.29) is 5.91 Å². The van der Waals surface area contributed by atoms with Crippen molar-refractivity contribution in [1.82, 2.24) is 0 Å². The van der Waals surface area contributed by atoms with E-state index in [0.717, 1.165) is 5.56 Å². The first-order valence-corrected chi connectivity index (χ1v) is 10.7. The highest BCUT2D eigenvalue weighted by atomic mass is 32.2. The number of carbonyl (C=O) groups is 2. The Labute approximate surface area is 184 Å². The number of amides is 1. The molecule has 2 aromatic rings. The van der Waals surface area contributed by atoms with Crippen molar-refractivity contribution in [2.24, 2.45) is 0 Å². The molecule has 1 atom stereocenters. The van der Waals surface area contributed by atoms with Gasteiger partial charge in [0.15, 0.2) is 10.4 Å². The summed E-state index contributed by atoms with van der Waals surface area (Å²) in [6.07, 6.45) is 1.22. The highest BCUT2D eigenvalue weighted by Gasteiger charge is 2.34. The zero-order valence-electron chi connectivity index (χ0n) is 16.5. The Hall–Kier alpha value is -2.84. The van der Waals surface area contributed by atoms with E-state index in [4.69, 9.17) is 26.8 Å². The van der Waals surface area contributed by atoms with Gasteiger partial charge in [-0.15, -0.1) is 0 Å². The lowest BCUT2D eigenvalue weighted by Gasteiger charge is -2.18. The number of hydrogen-bond acceptors (Lipinski definition) is 6. The second-order valence-electron chi connectivity index (χ2n) is 6.34. The molecule has 0 aromatic heterocycles. The van der Waals surface area contributed by atoms with Crippen molar-refractivity contribution in [3.8, 4) is 11.5 Å². The molecule has 0 saturated carbocycles. The zero-order valence-corrected chi connectivity index (χ0v) is 18.2. The molecule has 2 aromatic carbocycles. The molecule has 0 bridgehead atoms. The van der Waals surface area contributed by atoms with E-state index < -0.39 is 12.1 Å². The van der Waals surface area contributed by atoms with Crippen LogP contribution in [0.3, 0.4) is 0 Å². The van der Waals surface area contributed by atoms with Gasteiger partial charge in [0.05, 0.1) is 17.2 Å². The monoisotopic (exact) mass is 443 g/mol. The van der Waals surface area contributed by atoms with E-state index in [1.807, 2.05) is 19.1 Å². The predicted octanol–water partition coefficient (Wildman–Crippen LogP) is 4.73. The highest BCUT2D eigenvalue weighted by Crippen LogP contribution is 2.39. The van der Waals surface area contributed by atoms with Gasteiger partial charge in [0.2, 0.25) is 0 Å². The maximum absolute atomic E-state index is 13.0. The Kier molecular flexibility index (Phi) is 7.12. The number of ether oxygens (including phenoxy) is 2. The molecule has 3 rings (SSSR count). The van der Waals surface area contributed by atoms with Gasteiger partial charge in [-0.1, -0.05) is 55.2 Å². The number of benzene rings is 2. The summed E-state index contributed by atoms with van der Waals surface area (Å²) in [5.74, 6) is -0.158. The van der Waals surface area contributed by atoms with Crippen LogP contribution in [-0.4, -0.2) is 34.0 Å². The fourth-order valence-corrected chi connectivity index (χ4v) is 4.15. The van der Waals surface area contributed by atoms with Crippen LogP contribution in [0, 0.1) is 0 Å². The van der Waals surface area contributed by atoms with Gasteiger partial charge in [0.1, 0.15) is 11.5 Å². The number of rotatable bonds is 8. The summed E-state index contributed by atoms with van der Waals surface area (Å²) >= 11 is 6.66. The number of hydrogen-bond donors (Lipinski definition) is 1. The molecule has 8 heteroatoms. The maximum atomic E-state index is 13.0. The lowest BCUT2D eigenvalue weighted by Crippen LogP contribution is -2.28. The molecular weight excluding hydrogens is 422 g/mol. The summed E-state index contributed by atoms with van der Waals surface area (Å²) in [5, 5.41) is 9.10. The van der Waals surface area contributed by atoms with Crippen molar-refractivity contribution in [3.63, 3.8) is 0 Å². The van der Waals surface area contributed by atoms with E-state index in [1.165, 1.54) is 16.7 Å². The van der Waals surface area contributed by atoms with Crippen molar-refractivity contribution < 1.29 is 24.2 Å². The van der Waals surface area contributed by atoms with E-state index >= 15 is 0 Å². The average Bonchev–Trinajstić information content (AvgIpc) is 3.01. The molecule has 1 unspecified atom stereocenters. The first-order chi connectivity index (χ1) is 14.4. The molecule has 1 saturated heterocycles. The van der Waals surface area contributed by atoms with Gasteiger partial charge >= 0.3 is 5.97 Å². The maximum Gasteiger partial charge on any atom is 0.344 e. The quantitative estimate of drug-likeness (QED) is 0.467. The molecule has 1 fully saturated rings. The molecule has 6 nitrogen and oxygen atoms in total. The SMILES string of the molecule is CCOc1ccccc1N1C(=O)/C(=C\c2ccc(OC(CC)C(=O)O)cc2)SC1=S. The second-order valence-corrected chi connectivity index (χ2v) is 8.02. The van der Waals surface area contributed by atoms with E-state index in [1.54, 1.807) is 49.4 Å². The molecular formula is C22H21NO5S2. The minimum Gasteiger partial charge on any atom is -0.492 e. The number of anilines is 1. The fourth-order valence-electron chi connectivity index (χ4n) is 2.86. The molecule has 0 aliphatic carbocycles. The van der Waals surface area contributed by atoms with Gasteiger partial charge in [-0.25, -0.2) is 4.79 Å². The number of thiocarbonyl (C=S) groups is 1. The number of carboxylic acids is 1. The summed E-state index contributed by atoms with van der Waals surface area (Å²) in [6.45, 7) is 4.11. The number of carboxylic acid groups (broad SMARTS) is 1. The zero-order chi connectivity index (χ0) is 21.7. The summed E-state index contributed by atoms with van der Waals surface area (Å²) in [7, 11) is 0. The number of nitrogens with zero attached hydrogens (tertiary/aromatic N) is 1. The molecule has 0 radical (unpaired) electrons. The van der Waals surface area contributed by atoms with Crippen LogP contribution >= 0.6 is 24.0 Å². The van der Waals surface area contributed by atoms with Crippen molar-refractivity contribution in [2.45, 2.75) is 26.4 Å². The molecule has 1 amide bonds. The Balaban J connectivity index is 1.80. The van der Waals surface area contributed by atoms with Crippen LogP contribution in [0.25, 0.3) is 6.08 Å². The standard InChI is InChI=1S/C22H21NO5S2/c1-3-17(21(25)26)28-15-11-9-14(10-12-15)13-19-20(24)23(22(29)30-19)16-7-5-6-8-18(16)27-4-2/h5-13,17H,3-4H2,1-2H3,(H,25,26)/b19-13+. The topological polar surface area (TPSA) is 76.1 Å². The smallest absolute Gasteiger partial charge is 0.344 e. The van der Waals surface area contributed by atoms with E-state index in [0.29, 0.717) is 39.4 Å². The molecule has 30 heavy (non-hydrogen) atoms. The second kappa shape index (κ2) is 9.77. The molecule has 0 spiro atoms. The summed E-state index contributed by atoms with van der Waals surface area (Å²) in [6, 6.07) is 14.2. The first-order valence-electron chi connectivity index (χ1n) is 9.43. The van der Waals surface area contributed by atoms with Crippen molar-refractivity contribution in [1.29, 1.82) is 0 Å². The molecule has 156 valence electrons. The minimum atomic E-state index is -1.00. The Morgan fingerprint density at radius 3 is 2.53 bits per heavy atom. The van der Waals surface area contributed by atoms with Crippen LogP contribution in [0.2, 0.25) is 0 Å². The summed E-state index contributed by atoms with van der Waals surface area (Å²) < 4.78 is 11.5. The fraction of sp³-hybridized carbons (Fsp3) is 0.227. The van der Waals surface area contributed by atoms with Gasteiger partial charge in [-0.3, -0.25) is 9.69 Å². The van der Waals surface area contributed by atoms with Gasteiger partial charge in [0.25, 0.3) is 5.91 Å². The average molecular weight is 444 g/mol. The first kappa shape index (κ1) is 21.9. The molecule has 1 heterocycles. The normalized spacial score (nSPS) is 16.1. The van der Waals surface area contributed by atoms with Crippen LogP contribution in [0.4, 0.5) is 5.69 Å². The van der Waals surface area contributed by atoms with Crippen LogP contribution < -0.4 is 14.4 Å². The van der Waals surface area contributed by atoms with Gasteiger partial charge in [-0.05, 0) is 49.2 Å². The predicted molar refractivity (Wildman–Crippen MR) is 122 cm³/mol.